The number of amides is 4. The van der Waals surface area contributed by atoms with Crippen LogP contribution in [0.4, 0.5) is 0 Å². The lowest BCUT2D eigenvalue weighted by Crippen LogP contribution is -2.52. The maximum Gasteiger partial charge on any atom is 0.255 e. The molecule has 0 aromatic heterocycles. The van der Waals surface area contributed by atoms with Gasteiger partial charge in [-0.3, -0.25) is 24.5 Å². The number of nitrogens with zero attached hydrogens (tertiary/aromatic N) is 2. The molecule has 4 amide bonds. The number of hydrogen-bond donors (Lipinski definition) is 1. The van der Waals surface area contributed by atoms with Crippen molar-refractivity contribution in [1.29, 1.82) is 0 Å². The van der Waals surface area contributed by atoms with Crippen molar-refractivity contribution < 1.29 is 41.0 Å². The lowest BCUT2D eigenvalue weighted by molar-refractivity contribution is -0.143. The predicted octanol–water partition coefficient (Wildman–Crippen LogP) is 1.39. The molecule has 9 heteroatoms. The molecule has 34 heavy (non-hydrogen) atoms. The van der Waals surface area contributed by atoms with Crippen LogP contribution in [-0.4, -0.2) is 59.1 Å². The van der Waals surface area contributed by atoms with Gasteiger partial charge < -0.3 is 19.3 Å². The summed E-state index contributed by atoms with van der Waals surface area (Å²) in [5.41, 5.74) is -0.0612. The summed E-state index contributed by atoms with van der Waals surface area (Å²) in [6, 6.07) is 6.78. The zero-order valence-electron chi connectivity index (χ0n) is 26.7. The van der Waals surface area contributed by atoms with E-state index < -0.39 is 62.4 Å². The van der Waals surface area contributed by atoms with E-state index in [2.05, 4.69) is 10.1 Å². The summed E-state index contributed by atoms with van der Waals surface area (Å²) in [6.07, 6.45) is -0.344. The number of imide groups is 1. The van der Waals surface area contributed by atoms with Gasteiger partial charge in [-0.15, -0.1) is 0 Å². The zero-order valence-corrected chi connectivity index (χ0v) is 17.7. The average Bonchev–Trinajstić information content (AvgIpc) is 3.27. The van der Waals surface area contributed by atoms with Gasteiger partial charge in [-0.05, 0) is 29.7 Å². The smallest absolute Gasteiger partial charge is 0.255 e. The van der Waals surface area contributed by atoms with E-state index in [4.69, 9.17) is 17.1 Å². The predicted molar refractivity (Wildman–Crippen MR) is 119 cm³/mol. The van der Waals surface area contributed by atoms with Crippen LogP contribution in [-0.2, 0) is 38.7 Å². The van der Waals surface area contributed by atoms with E-state index in [0.717, 1.165) is 29.2 Å². The van der Waals surface area contributed by atoms with Gasteiger partial charge in [-0.2, -0.15) is 0 Å². The third-order valence-electron chi connectivity index (χ3n) is 5.43. The Bertz CT molecular complexity index is 1530. The second kappa shape index (κ2) is 9.26. The number of carbonyl (C=O) groups excluding carboxylic acids is 4. The Kier molecular flexibility index (Phi) is 3.78. The van der Waals surface area contributed by atoms with E-state index in [1.54, 1.807) is 0 Å². The van der Waals surface area contributed by atoms with Gasteiger partial charge >= 0.3 is 0 Å². The molecule has 1 N–H and O–H groups in total. The van der Waals surface area contributed by atoms with Gasteiger partial charge in [0.1, 0.15) is 24.9 Å². The topological polar surface area (TPSA) is 105 Å². The molecule has 0 bridgehead atoms. The molecular formula is C25H25N3O6. The van der Waals surface area contributed by atoms with Gasteiger partial charge in [0.25, 0.3) is 5.91 Å². The monoisotopic (exact) mass is 472 g/mol. The van der Waals surface area contributed by atoms with E-state index >= 15 is 0 Å². The van der Waals surface area contributed by atoms with E-state index in [0.29, 0.717) is 0 Å². The molecular weight excluding hydrogens is 438 g/mol. The van der Waals surface area contributed by atoms with Gasteiger partial charge in [0.2, 0.25) is 17.7 Å². The minimum atomic E-state index is -3.17. The molecule has 0 saturated carbocycles. The summed E-state index contributed by atoms with van der Waals surface area (Å²) in [7, 11) is 0. The molecule has 176 valence electrons. The highest BCUT2D eigenvalue weighted by molar-refractivity contribution is 6.05. The second-order valence-electron chi connectivity index (χ2n) is 7.62. The van der Waals surface area contributed by atoms with Crippen LogP contribution in [0.25, 0.3) is 0 Å². The van der Waals surface area contributed by atoms with Crippen LogP contribution in [0, 0.1) is 0 Å². The van der Waals surface area contributed by atoms with Crippen molar-refractivity contribution in [3.63, 3.8) is 0 Å². The number of fused-ring (bicyclic) bond motifs is 1. The first-order valence-electron chi connectivity index (χ1n) is 14.9. The second-order valence-corrected chi connectivity index (χ2v) is 7.62. The highest BCUT2D eigenvalue weighted by atomic mass is 16.5. The minimum Gasteiger partial charge on any atom is -0.489 e. The zero-order chi connectivity index (χ0) is 31.8. The molecule has 3 aliphatic heterocycles. The van der Waals surface area contributed by atoms with Crippen molar-refractivity contribution in [2.75, 3.05) is 19.7 Å². The van der Waals surface area contributed by atoms with Crippen LogP contribution >= 0.6 is 0 Å². The maximum atomic E-state index is 13.2. The van der Waals surface area contributed by atoms with E-state index in [1.165, 1.54) is 18.2 Å². The van der Waals surface area contributed by atoms with Gasteiger partial charge in [0.15, 0.2) is 0 Å². The van der Waals surface area contributed by atoms with Crippen molar-refractivity contribution in [3.8, 4) is 5.75 Å². The number of ether oxygens (including phenoxy) is 2. The molecule has 3 heterocycles. The lowest BCUT2D eigenvalue weighted by atomic mass is 10.0. The standard InChI is InChI=1S/C25H25N3O6/c29-22-9-8-20(24(31)26-22)28-13-19-18(25(28)32)2-1-3-21(19)34-14-17-6-4-16(5-7-17)12-27-10-11-33-15-23(27)30/h1-7,20H,8-15H2,(H,26,29,31)/t20-/m0/s1/i10D2,11D2,12D2,14D2,20D. The van der Waals surface area contributed by atoms with E-state index in [9.17, 15) is 19.2 Å². The number of rotatable bonds is 6. The first-order chi connectivity index (χ1) is 19.8. The first kappa shape index (κ1) is 13.9. The van der Waals surface area contributed by atoms with Crippen molar-refractivity contribution >= 4 is 23.6 Å². The molecule has 5 rings (SSSR count). The fourth-order valence-corrected chi connectivity index (χ4v) is 3.73. The van der Waals surface area contributed by atoms with Crippen LogP contribution in [0.5, 0.6) is 5.75 Å². The Morgan fingerprint density at radius 1 is 1.15 bits per heavy atom. The molecule has 2 aromatic carbocycles. The Morgan fingerprint density at radius 3 is 2.74 bits per heavy atom. The molecule has 0 radical (unpaired) electrons. The maximum absolute atomic E-state index is 13.2. The highest BCUT2D eigenvalue weighted by Crippen LogP contribution is 2.34. The molecule has 1 atom stereocenters. The lowest BCUT2D eigenvalue weighted by Gasteiger charge is -2.29. The highest BCUT2D eigenvalue weighted by Gasteiger charge is 2.40. The summed E-state index contributed by atoms with van der Waals surface area (Å²) >= 11 is 0. The van der Waals surface area contributed by atoms with Crippen molar-refractivity contribution in [2.24, 2.45) is 0 Å². The molecule has 2 aromatic rings. The van der Waals surface area contributed by atoms with Crippen molar-refractivity contribution in [3.05, 3.63) is 64.7 Å². The van der Waals surface area contributed by atoms with Crippen LogP contribution in [0.1, 0.15) is 52.2 Å². The number of piperidine rings is 1. The third-order valence-corrected chi connectivity index (χ3v) is 5.43. The quantitative estimate of drug-likeness (QED) is 0.637. The number of morpholine rings is 1. The largest absolute Gasteiger partial charge is 0.489 e. The Morgan fingerprint density at radius 2 is 1.94 bits per heavy atom. The molecule has 0 spiro atoms. The van der Waals surface area contributed by atoms with Gasteiger partial charge in [-0.25, -0.2) is 0 Å². The summed E-state index contributed by atoms with van der Waals surface area (Å²) in [5.74, 6) is -3.33. The van der Waals surface area contributed by atoms with Crippen LogP contribution in [0.2, 0.25) is 0 Å². The third kappa shape index (κ3) is 4.38. The summed E-state index contributed by atoms with van der Waals surface area (Å²) in [6.45, 7) is -12.7. The molecule has 3 aliphatic rings. The SMILES string of the molecule is [2H]C([2H])(Oc1cccc2c1CN([C@@]1([2H])CCC(=O)NC1=O)C2=O)c1ccc(C([2H])([2H])N2C(=O)COC([2H])([2H])C2([2H])[2H])cc1. The fourth-order valence-electron chi connectivity index (χ4n) is 3.73. The number of nitrogens with one attached hydrogen (secondary N) is 1. The normalized spacial score (nSPS) is 30.3. The molecule has 0 aliphatic carbocycles. The van der Waals surface area contributed by atoms with Gasteiger partial charge in [0.05, 0.1) is 25.4 Å². The van der Waals surface area contributed by atoms with Crippen LogP contribution < -0.4 is 10.1 Å². The molecule has 0 unspecified atom stereocenters. The summed E-state index contributed by atoms with van der Waals surface area (Å²) in [5, 5.41) is 2.07. The van der Waals surface area contributed by atoms with Crippen LogP contribution in [0.15, 0.2) is 42.5 Å². The molecule has 9 nitrogen and oxygen atoms in total. The van der Waals surface area contributed by atoms with Crippen molar-refractivity contribution in [1.82, 2.24) is 15.1 Å². The average molecular weight is 473 g/mol. The van der Waals surface area contributed by atoms with Gasteiger partial charge in [-0.1, -0.05) is 30.3 Å². The Labute approximate surface area is 209 Å². The van der Waals surface area contributed by atoms with E-state index in [-0.39, 0.29) is 52.3 Å². The summed E-state index contributed by atoms with van der Waals surface area (Å²) < 4.78 is 84.6. The first-order valence-corrected chi connectivity index (χ1v) is 10.4. The minimum absolute atomic E-state index is 0.0528. The number of hydrogen-bond acceptors (Lipinski definition) is 6. The number of benzene rings is 2. The summed E-state index contributed by atoms with van der Waals surface area (Å²) in [4.78, 5) is 50.8. The Hall–Kier alpha value is -3.72. The van der Waals surface area contributed by atoms with Gasteiger partial charge in [0, 0.05) is 30.5 Å². The molecule has 2 saturated heterocycles. The molecule has 2 fully saturated rings. The number of carbonyl (C=O) groups is 4. The van der Waals surface area contributed by atoms with Crippen molar-refractivity contribution in [2.45, 2.75) is 38.5 Å². The van der Waals surface area contributed by atoms with Crippen LogP contribution in [0.3, 0.4) is 0 Å². The van der Waals surface area contributed by atoms with E-state index in [1.807, 2.05) is 0 Å². The fraction of sp³-hybridized carbons (Fsp3) is 0.360. The Balaban J connectivity index is 1.39.